The molecule has 0 spiro atoms. The van der Waals surface area contributed by atoms with Crippen molar-refractivity contribution in [2.45, 2.75) is 26.4 Å². The van der Waals surface area contributed by atoms with Crippen molar-refractivity contribution in [1.82, 2.24) is 14.3 Å². The summed E-state index contributed by atoms with van der Waals surface area (Å²) in [4.78, 5) is 12.7. The third-order valence-electron chi connectivity index (χ3n) is 5.57. The number of benzene rings is 1. The summed E-state index contributed by atoms with van der Waals surface area (Å²) in [5, 5.41) is 5.95. The maximum absolute atomic E-state index is 6.23. The predicted octanol–water partition coefficient (Wildman–Crippen LogP) is 4.09. The van der Waals surface area contributed by atoms with Gasteiger partial charge in [-0.25, -0.2) is 4.98 Å². The fourth-order valence-corrected chi connectivity index (χ4v) is 3.80. The number of hydrogen-bond donors (Lipinski definition) is 0. The number of nitrogens with zero attached hydrogens (tertiary/aromatic N) is 4. The largest absolute Gasteiger partial charge is 0.492 e. The fraction of sp³-hybridized carbons (Fsp3) is 0.385. The van der Waals surface area contributed by atoms with Crippen LogP contribution in [0.3, 0.4) is 0 Å². The molecular formula is C26H30N4O4. The summed E-state index contributed by atoms with van der Waals surface area (Å²) >= 11 is 0. The van der Waals surface area contributed by atoms with Crippen LogP contribution in [0.1, 0.15) is 20.8 Å². The molecule has 0 radical (unpaired) electrons. The van der Waals surface area contributed by atoms with Gasteiger partial charge in [0.05, 0.1) is 30.3 Å². The average molecular weight is 463 g/mol. The number of rotatable bonds is 6. The molecule has 1 aliphatic rings. The monoisotopic (exact) mass is 462 g/mol. The molecule has 34 heavy (non-hydrogen) atoms. The van der Waals surface area contributed by atoms with Gasteiger partial charge in [0.1, 0.15) is 34.6 Å². The van der Waals surface area contributed by atoms with Crippen molar-refractivity contribution in [3.05, 3.63) is 60.3 Å². The zero-order valence-electron chi connectivity index (χ0n) is 19.9. The van der Waals surface area contributed by atoms with Crippen molar-refractivity contribution in [2.75, 3.05) is 39.5 Å². The molecule has 0 N–H and O–H groups in total. The number of aromatic nitrogens is 2. The van der Waals surface area contributed by atoms with Crippen LogP contribution in [0.5, 0.6) is 5.75 Å². The Morgan fingerprint density at radius 3 is 2.79 bits per heavy atom. The Hall–Kier alpha value is -3.36. The lowest BCUT2D eigenvalue weighted by atomic mass is 10.2. The first-order valence-corrected chi connectivity index (χ1v) is 11.6. The van der Waals surface area contributed by atoms with Gasteiger partial charge in [0.25, 0.3) is 0 Å². The highest BCUT2D eigenvalue weighted by atomic mass is 16.6. The van der Waals surface area contributed by atoms with Crippen molar-refractivity contribution in [1.29, 1.82) is 0 Å². The topological polar surface area (TPSA) is 73.7 Å². The molecule has 0 saturated carbocycles. The van der Waals surface area contributed by atoms with Crippen LogP contribution in [0.4, 0.5) is 0 Å². The van der Waals surface area contributed by atoms with E-state index in [1.165, 1.54) is 0 Å². The molecule has 178 valence electrons. The van der Waals surface area contributed by atoms with Gasteiger partial charge in [0.15, 0.2) is 5.76 Å². The standard InChI is InChI=1S/C26H30N4O4/c1-26(2,3)34-28-22-16-25(23-18-30-8-4-5-19(30)17-27-23)33-24-7-6-20(15-21(22)24)32-14-11-29-9-12-31-13-10-29/h4-8,15-18H,9-14H2,1-3H3. The Morgan fingerprint density at radius 1 is 1.12 bits per heavy atom. The lowest BCUT2D eigenvalue weighted by Gasteiger charge is -2.26. The molecular weight excluding hydrogens is 432 g/mol. The Kier molecular flexibility index (Phi) is 6.26. The minimum absolute atomic E-state index is 0.423. The first kappa shape index (κ1) is 22.4. The zero-order chi connectivity index (χ0) is 23.5. The molecule has 3 aromatic heterocycles. The second-order valence-corrected chi connectivity index (χ2v) is 9.36. The number of ether oxygens (including phenoxy) is 2. The normalized spacial score (nSPS) is 15.8. The zero-order valence-corrected chi connectivity index (χ0v) is 19.9. The van der Waals surface area contributed by atoms with Crippen LogP contribution in [0, 0.1) is 0 Å². The van der Waals surface area contributed by atoms with Crippen LogP contribution in [-0.4, -0.2) is 59.3 Å². The van der Waals surface area contributed by atoms with E-state index in [2.05, 4.69) is 15.0 Å². The summed E-state index contributed by atoms with van der Waals surface area (Å²) in [7, 11) is 0. The molecule has 1 fully saturated rings. The predicted molar refractivity (Wildman–Crippen MR) is 130 cm³/mol. The number of fused-ring (bicyclic) bond motifs is 2. The van der Waals surface area contributed by atoms with E-state index in [1.807, 2.05) is 80.2 Å². The quantitative estimate of drug-likeness (QED) is 0.402. The van der Waals surface area contributed by atoms with Crippen LogP contribution >= 0.6 is 0 Å². The van der Waals surface area contributed by atoms with Crippen LogP contribution in [0.25, 0.3) is 27.9 Å². The maximum Gasteiger partial charge on any atom is 0.156 e. The molecule has 0 amide bonds. The number of morpholine rings is 1. The van der Waals surface area contributed by atoms with E-state index < -0.39 is 5.60 Å². The van der Waals surface area contributed by atoms with Crippen LogP contribution in [0.2, 0.25) is 0 Å². The first-order valence-electron chi connectivity index (χ1n) is 11.6. The van der Waals surface area contributed by atoms with Crippen molar-refractivity contribution >= 4 is 16.5 Å². The van der Waals surface area contributed by atoms with Gasteiger partial charge in [-0.3, -0.25) is 4.90 Å². The minimum atomic E-state index is -0.423. The van der Waals surface area contributed by atoms with E-state index in [-0.39, 0.29) is 0 Å². The smallest absolute Gasteiger partial charge is 0.156 e. The highest BCUT2D eigenvalue weighted by Crippen LogP contribution is 2.24. The number of hydrogen-bond acceptors (Lipinski definition) is 7. The molecule has 5 rings (SSSR count). The van der Waals surface area contributed by atoms with Gasteiger partial charge in [-0.15, -0.1) is 0 Å². The van der Waals surface area contributed by atoms with E-state index in [0.717, 1.165) is 49.5 Å². The Balaban J connectivity index is 1.47. The Labute approximate surface area is 198 Å². The van der Waals surface area contributed by atoms with E-state index in [1.54, 1.807) is 0 Å². The summed E-state index contributed by atoms with van der Waals surface area (Å²) in [6.45, 7) is 10.8. The second kappa shape index (κ2) is 9.48. The molecule has 4 aromatic rings. The van der Waals surface area contributed by atoms with Crippen LogP contribution in [0.15, 0.2) is 64.6 Å². The van der Waals surface area contributed by atoms with Crippen molar-refractivity contribution in [3.8, 4) is 17.2 Å². The summed E-state index contributed by atoms with van der Waals surface area (Å²) in [5.74, 6) is 1.38. The van der Waals surface area contributed by atoms with Crippen LogP contribution < -0.4 is 10.1 Å². The summed E-state index contributed by atoms with van der Waals surface area (Å²) in [5.41, 5.74) is 1.99. The third-order valence-corrected chi connectivity index (χ3v) is 5.57. The third kappa shape index (κ3) is 5.24. The van der Waals surface area contributed by atoms with Crippen molar-refractivity contribution in [2.24, 2.45) is 5.16 Å². The SMILES string of the molecule is CC(C)(C)ON=c1cc(-c2cn3cccc3cn2)oc2ccc(OCCN3CCOCC3)cc12. The minimum Gasteiger partial charge on any atom is -0.492 e. The van der Waals surface area contributed by atoms with Crippen molar-refractivity contribution in [3.63, 3.8) is 0 Å². The Morgan fingerprint density at radius 2 is 1.97 bits per heavy atom. The van der Waals surface area contributed by atoms with Gasteiger partial charge in [0.2, 0.25) is 0 Å². The lowest BCUT2D eigenvalue weighted by molar-refractivity contribution is -0.00585. The summed E-state index contributed by atoms with van der Waals surface area (Å²) in [6.07, 6.45) is 5.75. The lowest BCUT2D eigenvalue weighted by Crippen LogP contribution is -2.38. The van der Waals surface area contributed by atoms with Crippen molar-refractivity contribution < 1.29 is 18.7 Å². The van der Waals surface area contributed by atoms with Crippen LogP contribution in [-0.2, 0) is 9.57 Å². The second-order valence-electron chi connectivity index (χ2n) is 9.36. The maximum atomic E-state index is 6.23. The molecule has 4 heterocycles. The molecule has 1 saturated heterocycles. The van der Waals surface area contributed by atoms with Gasteiger partial charge in [-0.2, -0.15) is 0 Å². The highest BCUT2D eigenvalue weighted by molar-refractivity contribution is 5.79. The van der Waals surface area contributed by atoms with E-state index in [9.17, 15) is 0 Å². The van der Waals surface area contributed by atoms with E-state index in [4.69, 9.17) is 18.7 Å². The van der Waals surface area contributed by atoms with Gasteiger partial charge in [0, 0.05) is 38.1 Å². The molecule has 8 nitrogen and oxygen atoms in total. The molecule has 0 unspecified atom stereocenters. The van der Waals surface area contributed by atoms with E-state index >= 15 is 0 Å². The molecule has 0 aliphatic carbocycles. The van der Waals surface area contributed by atoms with Gasteiger partial charge >= 0.3 is 0 Å². The molecule has 1 aliphatic heterocycles. The summed E-state index contributed by atoms with van der Waals surface area (Å²) < 4.78 is 19.7. The molecule has 0 atom stereocenters. The molecule has 1 aromatic carbocycles. The van der Waals surface area contributed by atoms with Gasteiger partial charge in [-0.05, 0) is 51.1 Å². The first-order chi connectivity index (χ1) is 16.4. The summed E-state index contributed by atoms with van der Waals surface area (Å²) in [6, 6.07) is 11.6. The fourth-order valence-electron chi connectivity index (χ4n) is 3.80. The van der Waals surface area contributed by atoms with Gasteiger partial charge in [-0.1, -0.05) is 5.16 Å². The Bertz CT molecular complexity index is 1350. The molecule has 0 bridgehead atoms. The highest BCUT2D eigenvalue weighted by Gasteiger charge is 2.14. The van der Waals surface area contributed by atoms with Gasteiger partial charge < -0.3 is 23.1 Å². The van der Waals surface area contributed by atoms with E-state index in [0.29, 0.717) is 29.0 Å². The molecule has 8 heteroatoms. The average Bonchev–Trinajstić information content (AvgIpc) is 3.30.